The van der Waals surface area contributed by atoms with Crippen molar-refractivity contribution in [3.63, 3.8) is 0 Å². The molecule has 0 aromatic carbocycles. The minimum absolute atomic E-state index is 0.0546. The fourth-order valence-corrected chi connectivity index (χ4v) is 4.33. The summed E-state index contributed by atoms with van der Waals surface area (Å²) >= 11 is 6.27. The molecular formula is C12H14ClN5O11S3. The highest BCUT2D eigenvalue weighted by atomic mass is 35.5. The molecule has 0 aliphatic carbocycles. The van der Waals surface area contributed by atoms with Crippen molar-refractivity contribution in [2.24, 2.45) is 5.16 Å². The van der Waals surface area contributed by atoms with Crippen molar-refractivity contribution in [3.05, 3.63) is 11.1 Å². The molecule has 2 atom stereocenters. The highest BCUT2D eigenvalue weighted by Gasteiger charge is 2.54. The Labute approximate surface area is 189 Å². The first-order chi connectivity index (χ1) is 14.8. The molecule has 1 aromatic heterocycles. The number of anilines is 1. The van der Waals surface area contributed by atoms with Crippen LogP contribution in [-0.4, -0.2) is 90.3 Å². The predicted molar refractivity (Wildman–Crippen MR) is 107 cm³/mol. The summed E-state index contributed by atoms with van der Waals surface area (Å²) in [6.45, 7) is -1.11. The maximum Gasteiger partial charge on any atom is 0.397 e. The maximum atomic E-state index is 12.6. The Morgan fingerprint density at radius 2 is 2.00 bits per heavy atom. The van der Waals surface area contributed by atoms with E-state index in [2.05, 4.69) is 29.8 Å². The molecule has 0 radical (unpaired) electrons. The smallest absolute Gasteiger partial charge is 0.397 e. The monoisotopic (exact) mass is 535 g/mol. The number of halogens is 1. The van der Waals surface area contributed by atoms with Crippen LogP contribution in [0.1, 0.15) is 5.69 Å². The number of hydrogen-bond acceptors (Lipinski definition) is 12. The highest BCUT2D eigenvalue weighted by molar-refractivity contribution is 7.84. The normalized spacial score (nSPS) is 19.3. The Morgan fingerprint density at radius 3 is 2.53 bits per heavy atom. The predicted octanol–water partition coefficient (Wildman–Crippen LogP) is -2.01. The molecule has 1 aliphatic rings. The van der Waals surface area contributed by atoms with Gasteiger partial charge in [-0.1, -0.05) is 5.16 Å². The molecule has 1 aliphatic heterocycles. The number of amides is 3. The van der Waals surface area contributed by atoms with E-state index in [0.29, 0.717) is 0 Å². The minimum Gasteiger partial charge on any atom is -0.398 e. The van der Waals surface area contributed by atoms with Crippen molar-refractivity contribution in [2.45, 2.75) is 12.1 Å². The zero-order valence-electron chi connectivity index (χ0n) is 15.7. The van der Waals surface area contributed by atoms with Gasteiger partial charge in [-0.25, -0.2) is 13.5 Å². The molecule has 178 valence electrons. The van der Waals surface area contributed by atoms with Gasteiger partial charge in [-0.3, -0.25) is 23.5 Å². The molecule has 2 heterocycles. The van der Waals surface area contributed by atoms with E-state index in [-0.39, 0.29) is 21.0 Å². The summed E-state index contributed by atoms with van der Waals surface area (Å²) in [5, 5.41) is 9.24. The van der Waals surface area contributed by atoms with Crippen molar-refractivity contribution in [1.82, 2.24) is 14.6 Å². The SMILES string of the molecule is CON=C(C(=O)NC1C(=O)N(S(=O)(=O)O)C1COS(=O)(=O)O)c1csc(NC(=O)CCl)n1. The van der Waals surface area contributed by atoms with E-state index in [0.717, 1.165) is 18.4 Å². The molecule has 2 unspecified atom stereocenters. The van der Waals surface area contributed by atoms with Gasteiger partial charge >= 0.3 is 20.7 Å². The molecular weight excluding hydrogens is 522 g/mol. The van der Waals surface area contributed by atoms with Crippen LogP contribution in [-0.2, 0) is 44.1 Å². The van der Waals surface area contributed by atoms with Gasteiger partial charge in [-0.2, -0.15) is 16.8 Å². The quantitative estimate of drug-likeness (QED) is 0.0836. The van der Waals surface area contributed by atoms with Gasteiger partial charge in [0.05, 0.1) is 6.61 Å². The van der Waals surface area contributed by atoms with E-state index in [1.165, 1.54) is 5.38 Å². The van der Waals surface area contributed by atoms with Crippen molar-refractivity contribution >= 4 is 72.2 Å². The number of hydrogen-bond donors (Lipinski definition) is 4. The number of nitrogens with zero attached hydrogens (tertiary/aromatic N) is 3. The van der Waals surface area contributed by atoms with Gasteiger partial charge < -0.3 is 15.5 Å². The zero-order valence-corrected chi connectivity index (χ0v) is 18.9. The molecule has 4 N–H and O–H groups in total. The van der Waals surface area contributed by atoms with Crippen LogP contribution in [0.2, 0.25) is 0 Å². The van der Waals surface area contributed by atoms with Crippen LogP contribution >= 0.6 is 22.9 Å². The summed E-state index contributed by atoms with van der Waals surface area (Å²) in [6, 6.07) is -3.41. The van der Waals surface area contributed by atoms with Gasteiger partial charge in [-0.05, 0) is 0 Å². The summed E-state index contributed by atoms with van der Waals surface area (Å²) in [4.78, 5) is 44.6. The Bertz CT molecular complexity index is 1150. The fourth-order valence-electron chi connectivity index (χ4n) is 2.38. The number of β-lactam (4-membered cyclic amide) rings is 1. The van der Waals surface area contributed by atoms with Gasteiger partial charge in [0, 0.05) is 5.38 Å². The Morgan fingerprint density at radius 1 is 1.34 bits per heavy atom. The first kappa shape index (κ1) is 25.8. The summed E-state index contributed by atoms with van der Waals surface area (Å²) in [6.07, 6.45) is 0. The van der Waals surface area contributed by atoms with Gasteiger partial charge in [0.2, 0.25) is 5.91 Å². The second-order valence-electron chi connectivity index (χ2n) is 5.68. The van der Waals surface area contributed by atoms with E-state index in [1.54, 1.807) is 0 Å². The number of rotatable bonds is 10. The van der Waals surface area contributed by atoms with E-state index < -0.39 is 62.8 Å². The Hall–Kier alpha value is -2.42. The number of thiazole rings is 1. The Kier molecular flexibility index (Phi) is 8.09. The number of nitrogens with one attached hydrogen (secondary N) is 2. The lowest BCUT2D eigenvalue weighted by molar-refractivity contribution is -0.146. The lowest BCUT2D eigenvalue weighted by Crippen LogP contribution is -2.73. The molecule has 3 amide bonds. The number of carbonyl (C=O) groups is 3. The topological polar surface area (TPSA) is 231 Å². The van der Waals surface area contributed by atoms with Gasteiger partial charge in [0.15, 0.2) is 10.8 Å². The number of aromatic nitrogens is 1. The first-order valence-electron chi connectivity index (χ1n) is 7.94. The van der Waals surface area contributed by atoms with Crippen molar-refractivity contribution in [3.8, 4) is 0 Å². The van der Waals surface area contributed by atoms with Crippen LogP contribution in [0.3, 0.4) is 0 Å². The van der Waals surface area contributed by atoms with Gasteiger partial charge in [-0.15, -0.1) is 22.9 Å². The van der Waals surface area contributed by atoms with E-state index >= 15 is 0 Å². The molecule has 1 saturated heterocycles. The molecule has 0 spiro atoms. The number of alkyl halides is 1. The van der Waals surface area contributed by atoms with Crippen LogP contribution in [0, 0.1) is 0 Å². The van der Waals surface area contributed by atoms with Crippen LogP contribution in [0.4, 0.5) is 5.13 Å². The lowest BCUT2D eigenvalue weighted by Gasteiger charge is -2.43. The Balaban J connectivity index is 2.23. The third-order valence-corrected chi connectivity index (χ3v) is 5.99. The van der Waals surface area contributed by atoms with E-state index in [1.807, 2.05) is 0 Å². The van der Waals surface area contributed by atoms with E-state index in [9.17, 15) is 31.2 Å². The van der Waals surface area contributed by atoms with Crippen LogP contribution in [0.15, 0.2) is 10.5 Å². The van der Waals surface area contributed by atoms with E-state index in [4.69, 9.17) is 20.7 Å². The van der Waals surface area contributed by atoms with Crippen LogP contribution < -0.4 is 10.6 Å². The second kappa shape index (κ2) is 10.0. The average Bonchev–Trinajstić information content (AvgIpc) is 3.12. The largest absolute Gasteiger partial charge is 0.398 e. The first-order valence-corrected chi connectivity index (χ1v) is 12.1. The van der Waals surface area contributed by atoms with Gasteiger partial charge in [0.1, 0.15) is 30.8 Å². The fraction of sp³-hybridized carbons (Fsp3) is 0.417. The molecule has 0 saturated carbocycles. The molecule has 32 heavy (non-hydrogen) atoms. The zero-order chi connectivity index (χ0) is 24.3. The van der Waals surface area contributed by atoms with Crippen LogP contribution in [0.25, 0.3) is 0 Å². The molecule has 1 fully saturated rings. The molecule has 2 rings (SSSR count). The molecule has 1 aromatic rings. The molecule has 0 bridgehead atoms. The van der Waals surface area contributed by atoms with Crippen molar-refractivity contribution in [2.75, 3.05) is 24.9 Å². The number of oxime groups is 1. The summed E-state index contributed by atoms with van der Waals surface area (Å²) in [5.41, 5.74) is -0.606. The average molecular weight is 536 g/mol. The summed E-state index contributed by atoms with van der Waals surface area (Å²) in [5.74, 6) is -3.36. The van der Waals surface area contributed by atoms with Crippen LogP contribution in [0.5, 0.6) is 0 Å². The van der Waals surface area contributed by atoms with Gasteiger partial charge in [0.25, 0.3) is 11.8 Å². The second-order valence-corrected chi connectivity index (χ2v) is 9.19. The van der Waals surface area contributed by atoms with Crippen molar-refractivity contribution < 1.29 is 49.3 Å². The maximum absolute atomic E-state index is 12.6. The third-order valence-electron chi connectivity index (χ3n) is 3.60. The summed E-state index contributed by atoms with van der Waals surface area (Å²) in [7, 11) is -9.08. The lowest BCUT2D eigenvalue weighted by atomic mass is 9.99. The molecule has 16 nitrogen and oxygen atoms in total. The van der Waals surface area contributed by atoms with Crippen molar-refractivity contribution in [1.29, 1.82) is 0 Å². The highest BCUT2D eigenvalue weighted by Crippen LogP contribution is 2.25. The summed E-state index contributed by atoms with van der Waals surface area (Å²) < 4.78 is 65.9. The number of carbonyl (C=O) groups excluding carboxylic acids is 3. The molecule has 20 heteroatoms. The standard InChI is InChI=1S/C12H14ClN5O11S3/c1-28-17-8(5-4-30-12(14-5)15-7(19)2-13)10(20)16-9-6(3-29-32(25,26)27)18(11(9)21)31(22,23)24/h4,6,9H,2-3H2,1H3,(H,16,20)(H,14,15,19)(H,22,23,24)(H,25,26,27). The third kappa shape index (κ3) is 6.31. The minimum atomic E-state index is -5.13.